The number of halogens is 2. The van der Waals surface area contributed by atoms with E-state index in [1.807, 2.05) is 0 Å². The Balaban J connectivity index is 1.71. The molecular weight excluding hydrogens is 318 g/mol. The van der Waals surface area contributed by atoms with Gasteiger partial charge in [0, 0.05) is 23.6 Å². The van der Waals surface area contributed by atoms with Gasteiger partial charge in [0.05, 0.1) is 0 Å². The Labute approximate surface area is 138 Å². The van der Waals surface area contributed by atoms with Crippen LogP contribution in [0, 0.1) is 5.92 Å². The molecule has 3 N–H and O–H groups in total. The van der Waals surface area contributed by atoms with E-state index in [-0.39, 0.29) is 24.3 Å². The standard InChI is InChI=1S/C17H20F2N2O3/c18-17(19)24-15-3-1-2-13-12(15)8-14(21-13)16(23)20-11-6-4-10(9-22)5-7-11/h1-3,8,10-11,17,21-22H,4-7,9H2,(H,20,23). The number of aromatic amines is 1. The molecule has 1 amide bonds. The van der Waals surface area contributed by atoms with E-state index >= 15 is 0 Å². The minimum absolute atomic E-state index is 0.0428. The Morgan fingerprint density at radius 2 is 2.08 bits per heavy atom. The maximum atomic E-state index is 12.5. The van der Waals surface area contributed by atoms with Gasteiger partial charge >= 0.3 is 6.61 Å². The smallest absolute Gasteiger partial charge is 0.387 e. The van der Waals surface area contributed by atoms with Crippen LogP contribution in [0.3, 0.4) is 0 Å². The van der Waals surface area contributed by atoms with Gasteiger partial charge in [-0.3, -0.25) is 4.79 Å². The number of carbonyl (C=O) groups is 1. The third-order valence-corrected chi connectivity index (χ3v) is 4.52. The second-order valence-electron chi connectivity index (χ2n) is 6.15. The van der Waals surface area contributed by atoms with Crippen LogP contribution < -0.4 is 10.1 Å². The van der Waals surface area contributed by atoms with E-state index in [2.05, 4.69) is 15.0 Å². The average Bonchev–Trinajstić information content (AvgIpc) is 3.00. The van der Waals surface area contributed by atoms with Gasteiger partial charge in [0.25, 0.3) is 5.91 Å². The van der Waals surface area contributed by atoms with Crippen molar-refractivity contribution in [1.82, 2.24) is 10.3 Å². The Bertz CT molecular complexity index is 709. The molecule has 24 heavy (non-hydrogen) atoms. The normalized spacial score (nSPS) is 21.2. The molecule has 3 rings (SSSR count). The molecule has 1 heterocycles. The van der Waals surface area contributed by atoms with Crippen molar-refractivity contribution in [1.29, 1.82) is 0 Å². The van der Waals surface area contributed by atoms with Gasteiger partial charge in [0.15, 0.2) is 0 Å². The molecule has 7 heteroatoms. The number of alkyl halides is 2. The number of hydrogen-bond donors (Lipinski definition) is 3. The molecule has 130 valence electrons. The first-order chi connectivity index (χ1) is 11.6. The molecule has 0 spiro atoms. The van der Waals surface area contributed by atoms with Crippen molar-refractivity contribution in [3.8, 4) is 5.75 Å². The van der Waals surface area contributed by atoms with Gasteiger partial charge < -0.3 is 20.1 Å². The molecule has 0 atom stereocenters. The van der Waals surface area contributed by atoms with E-state index in [1.165, 1.54) is 12.1 Å². The lowest BCUT2D eigenvalue weighted by molar-refractivity contribution is -0.0487. The number of carbonyl (C=O) groups excluding carboxylic acids is 1. The van der Waals surface area contributed by atoms with Crippen LogP contribution in [0.5, 0.6) is 5.75 Å². The molecule has 1 aliphatic carbocycles. The Hall–Kier alpha value is -2.15. The van der Waals surface area contributed by atoms with E-state index in [0.717, 1.165) is 25.7 Å². The molecule has 1 aromatic heterocycles. The van der Waals surface area contributed by atoms with E-state index in [1.54, 1.807) is 12.1 Å². The first-order valence-corrected chi connectivity index (χ1v) is 8.05. The number of aliphatic hydroxyl groups excluding tert-OH is 1. The maximum absolute atomic E-state index is 12.5. The number of aliphatic hydroxyl groups is 1. The quantitative estimate of drug-likeness (QED) is 0.784. The van der Waals surface area contributed by atoms with Gasteiger partial charge in [0.1, 0.15) is 11.4 Å². The molecule has 5 nitrogen and oxygen atoms in total. The molecule has 0 aliphatic heterocycles. The first kappa shape index (κ1) is 16.7. The predicted octanol–water partition coefficient (Wildman–Crippen LogP) is 3.05. The summed E-state index contributed by atoms with van der Waals surface area (Å²) < 4.78 is 29.4. The van der Waals surface area contributed by atoms with Gasteiger partial charge in [-0.05, 0) is 49.8 Å². The van der Waals surface area contributed by atoms with Crippen molar-refractivity contribution in [3.05, 3.63) is 30.0 Å². The van der Waals surface area contributed by atoms with Crippen LogP contribution in [0.25, 0.3) is 10.9 Å². The summed E-state index contributed by atoms with van der Waals surface area (Å²) in [6, 6.07) is 6.34. The highest BCUT2D eigenvalue weighted by atomic mass is 19.3. The average molecular weight is 338 g/mol. The fraction of sp³-hybridized carbons (Fsp3) is 0.471. The summed E-state index contributed by atoms with van der Waals surface area (Å²) in [5.41, 5.74) is 0.891. The Morgan fingerprint density at radius 3 is 2.75 bits per heavy atom. The number of fused-ring (bicyclic) bond motifs is 1. The number of aromatic nitrogens is 1. The lowest BCUT2D eigenvalue weighted by atomic mass is 9.86. The molecule has 1 aromatic carbocycles. The largest absolute Gasteiger partial charge is 0.434 e. The summed E-state index contributed by atoms with van der Waals surface area (Å²) in [6.45, 7) is -2.72. The summed E-state index contributed by atoms with van der Waals surface area (Å²) in [6.07, 6.45) is 3.44. The highest BCUT2D eigenvalue weighted by molar-refractivity contribution is 5.99. The Morgan fingerprint density at radius 1 is 1.33 bits per heavy atom. The van der Waals surface area contributed by atoms with Gasteiger partial charge in [-0.1, -0.05) is 6.07 Å². The number of benzene rings is 1. The fourth-order valence-electron chi connectivity index (χ4n) is 3.20. The van der Waals surface area contributed by atoms with Crippen LogP contribution in [0.4, 0.5) is 8.78 Å². The van der Waals surface area contributed by atoms with Crippen LogP contribution in [0.2, 0.25) is 0 Å². The number of nitrogens with one attached hydrogen (secondary N) is 2. The van der Waals surface area contributed by atoms with Gasteiger partial charge in [-0.25, -0.2) is 0 Å². The predicted molar refractivity (Wildman–Crippen MR) is 85.2 cm³/mol. The van der Waals surface area contributed by atoms with Crippen molar-refractivity contribution in [2.24, 2.45) is 5.92 Å². The molecule has 1 saturated carbocycles. The van der Waals surface area contributed by atoms with Crippen LogP contribution in [-0.4, -0.2) is 35.3 Å². The SMILES string of the molecule is O=C(NC1CCC(CO)CC1)c1cc2c(OC(F)F)cccc2[nH]1. The molecule has 2 aromatic rings. The summed E-state index contributed by atoms with van der Waals surface area (Å²) in [5, 5.41) is 12.6. The van der Waals surface area contributed by atoms with Crippen LogP contribution >= 0.6 is 0 Å². The topological polar surface area (TPSA) is 74.3 Å². The molecule has 1 aliphatic rings. The number of amides is 1. The molecular formula is C17H20F2N2O3. The highest BCUT2D eigenvalue weighted by Crippen LogP contribution is 2.28. The second-order valence-corrected chi connectivity index (χ2v) is 6.15. The fourth-order valence-corrected chi connectivity index (χ4v) is 3.20. The number of hydrogen-bond acceptors (Lipinski definition) is 3. The van der Waals surface area contributed by atoms with E-state index in [4.69, 9.17) is 5.11 Å². The van der Waals surface area contributed by atoms with Crippen molar-refractivity contribution in [2.45, 2.75) is 38.3 Å². The third-order valence-electron chi connectivity index (χ3n) is 4.52. The second kappa shape index (κ2) is 7.17. The van der Waals surface area contributed by atoms with Gasteiger partial charge in [-0.15, -0.1) is 0 Å². The third kappa shape index (κ3) is 3.67. The van der Waals surface area contributed by atoms with Crippen molar-refractivity contribution >= 4 is 16.8 Å². The zero-order valence-electron chi connectivity index (χ0n) is 13.1. The van der Waals surface area contributed by atoms with Crippen molar-refractivity contribution in [2.75, 3.05) is 6.61 Å². The molecule has 0 saturated heterocycles. The monoisotopic (exact) mass is 338 g/mol. The minimum Gasteiger partial charge on any atom is -0.434 e. The van der Waals surface area contributed by atoms with Crippen LogP contribution in [0.1, 0.15) is 36.2 Å². The number of H-pyrrole nitrogens is 1. The van der Waals surface area contributed by atoms with Crippen molar-refractivity contribution < 1.29 is 23.4 Å². The zero-order valence-corrected chi connectivity index (χ0v) is 13.1. The molecule has 0 unspecified atom stereocenters. The van der Waals surface area contributed by atoms with E-state index in [9.17, 15) is 13.6 Å². The lowest BCUT2D eigenvalue weighted by Crippen LogP contribution is -2.38. The maximum Gasteiger partial charge on any atom is 0.387 e. The summed E-state index contributed by atoms with van der Waals surface area (Å²) in [7, 11) is 0. The van der Waals surface area contributed by atoms with Crippen LogP contribution in [0.15, 0.2) is 24.3 Å². The summed E-state index contributed by atoms with van der Waals surface area (Å²) >= 11 is 0. The van der Waals surface area contributed by atoms with Gasteiger partial charge in [-0.2, -0.15) is 8.78 Å². The van der Waals surface area contributed by atoms with E-state index in [0.29, 0.717) is 22.5 Å². The molecule has 0 bridgehead atoms. The molecule has 0 radical (unpaired) electrons. The van der Waals surface area contributed by atoms with E-state index < -0.39 is 6.61 Å². The first-order valence-electron chi connectivity index (χ1n) is 8.05. The zero-order chi connectivity index (χ0) is 17.1. The van der Waals surface area contributed by atoms with Crippen LogP contribution in [-0.2, 0) is 0 Å². The van der Waals surface area contributed by atoms with Gasteiger partial charge in [0.2, 0.25) is 0 Å². The Kier molecular flexibility index (Phi) is 4.99. The summed E-state index contributed by atoms with van der Waals surface area (Å²) in [4.78, 5) is 15.3. The van der Waals surface area contributed by atoms with Crippen molar-refractivity contribution in [3.63, 3.8) is 0 Å². The minimum atomic E-state index is -2.91. The number of ether oxygens (including phenoxy) is 1. The lowest BCUT2D eigenvalue weighted by Gasteiger charge is -2.27. The summed E-state index contributed by atoms with van der Waals surface area (Å²) in [5.74, 6) is 0.100. The molecule has 1 fully saturated rings. The highest BCUT2D eigenvalue weighted by Gasteiger charge is 2.23. The number of rotatable bonds is 5.